The Kier molecular flexibility index (Phi) is 4.86. The molecule has 1 aliphatic heterocycles. The number of hydrogen-bond acceptors (Lipinski definition) is 3. The number of hydrogen-bond donors (Lipinski definition) is 2. The number of aliphatic hydroxyl groups excluding tert-OH is 1. The first-order valence-electron chi connectivity index (χ1n) is 7.13. The fourth-order valence-corrected chi connectivity index (χ4v) is 3.41. The summed E-state index contributed by atoms with van der Waals surface area (Å²) in [7, 11) is 0. The van der Waals surface area contributed by atoms with Gasteiger partial charge in [-0.25, -0.2) is 0 Å². The summed E-state index contributed by atoms with van der Waals surface area (Å²) in [6.45, 7) is 7.24. The molecule has 112 valence electrons. The Hall–Kier alpha value is -0.880. The van der Waals surface area contributed by atoms with Crippen LogP contribution in [0, 0.1) is 5.92 Å². The molecule has 1 aromatic rings. The first kappa shape index (κ1) is 15.5. The first-order chi connectivity index (χ1) is 9.41. The molecule has 0 saturated carbocycles. The zero-order chi connectivity index (χ0) is 14.9. The number of likely N-dealkylation sites (tertiary alicyclic amines) is 1. The maximum Gasteiger partial charge on any atom is 0.275 e. The van der Waals surface area contributed by atoms with Gasteiger partial charge in [0.1, 0.15) is 0 Å². The smallest absolute Gasteiger partial charge is 0.275 e. The molecule has 0 bridgehead atoms. The van der Waals surface area contributed by atoms with E-state index in [9.17, 15) is 9.90 Å². The normalized spacial score (nSPS) is 21.3. The summed E-state index contributed by atoms with van der Waals surface area (Å²) in [5.74, 6) is 0.380. The summed E-state index contributed by atoms with van der Waals surface area (Å²) in [4.78, 5) is 14.4. The fourth-order valence-electron chi connectivity index (χ4n) is 2.60. The van der Waals surface area contributed by atoms with Crippen LogP contribution in [0.15, 0.2) is 4.47 Å². The van der Waals surface area contributed by atoms with E-state index in [1.54, 1.807) is 11.8 Å². The fraction of sp³-hybridized carbons (Fsp3) is 0.714. The van der Waals surface area contributed by atoms with Crippen molar-refractivity contribution in [2.45, 2.75) is 45.6 Å². The number of carbonyl (C=O) groups excluding carboxylic acids is 1. The van der Waals surface area contributed by atoms with E-state index in [1.165, 1.54) is 0 Å². The molecule has 1 aliphatic rings. The summed E-state index contributed by atoms with van der Waals surface area (Å²) in [6, 6.07) is 0. The van der Waals surface area contributed by atoms with Crippen molar-refractivity contribution in [3.63, 3.8) is 0 Å². The average Bonchev–Trinajstić information content (AvgIpc) is 2.80. The van der Waals surface area contributed by atoms with E-state index < -0.39 is 0 Å². The zero-order valence-corrected chi connectivity index (χ0v) is 13.8. The van der Waals surface area contributed by atoms with Gasteiger partial charge in [-0.05, 0) is 41.6 Å². The molecular weight excluding hydrogens is 322 g/mol. The third-order valence-corrected chi connectivity index (χ3v) is 4.74. The molecule has 0 aromatic carbocycles. The lowest BCUT2D eigenvalue weighted by Gasteiger charge is -2.33. The van der Waals surface area contributed by atoms with E-state index in [4.69, 9.17) is 0 Å². The highest BCUT2D eigenvalue weighted by Gasteiger charge is 2.30. The third kappa shape index (κ3) is 3.06. The van der Waals surface area contributed by atoms with Gasteiger partial charge < -0.3 is 10.0 Å². The molecule has 2 N–H and O–H groups in total. The number of carbonyl (C=O) groups is 1. The molecule has 2 heterocycles. The molecule has 2 unspecified atom stereocenters. The van der Waals surface area contributed by atoms with Crippen LogP contribution in [-0.2, 0) is 0 Å². The number of piperidine rings is 1. The van der Waals surface area contributed by atoms with Crippen molar-refractivity contribution in [1.29, 1.82) is 0 Å². The molecule has 20 heavy (non-hydrogen) atoms. The van der Waals surface area contributed by atoms with Crippen LogP contribution in [0.25, 0.3) is 0 Å². The lowest BCUT2D eigenvalue weighted by atomic mass is 9.93. The SMILES string of the molecule is CC(C)c1[nH]nc(C(=O)N2CCCC(C(C)O)C2)c1Br. The maximum absolute atomic E-state index is 12.6. The van der Waals surface area contributed by atoms with Crippen LogP contribution >= 0.6 is 15.9 Å². The van der Waals surface area contributed by atoms with E-state index in [0.29, 0.717) is 12.2 Å². The number of amides is 1. The standard InChI is InChI=1S/C14H22BrN3O2/c1-8(2)12-11(15)13(17-16-12)14(20)18-6-4-5-10(7-18)9(3)19/h8-10,19H,4-7H2,1-3H3,(H,16,17). The van der Waals surface area contributed by atoms with Crippen molar-refractivity contribution in [3.8, 4) is 0 Å². The quantitative estimate of drug-likeness (QED) is 0.885. The number of rotatable bonds is 3. The van der Waals surface area contributed by atoms with Crippen molar-refractivity contribution >= 4 is 21.8 Å². The Morgan fingerprint density at radius 1 is 1.50 bits per heavy atom. The molecule has 1 saturated heterocycles. The van der Waals surface area contributed by atoms with Gasteiger partial charge in [-0.15, -0.1) is 0 Å². The highest BCUT2D eigenvalue weighted by atomic mass is 79.9. The molecule has 5 nitrogen and oxygen atoms in total. The summed E-state index contributed by atoms with van der Waals surface area (Å²) in [5.41, 5.74) is 1.39. The number of halogens is 1. The Morgan fingerprint density at radius 2 is 2.20 bits per heavy atom. The zero-order valence-electron chi connectivity index (χ0n) is 12.2. The number of aromatic amines is 1. The molecular formula is C14H22BrN3O2. The highest BCUT2D eigenvalue weighted by Crippen LogP contribution is 2.28. The summed E-state index contributed by atoms with van der Waals surface area (Å²) < 4.78 is 0.761. The van der Waals surface area contributed by atoms with Crippen molar-refractivity contribution in [1.82, 2.24) is 15.1 Å². The Labute approximate surface area is 127 Å². The molecule has 2 rings (SSSR count). The molecule has 6 heteroatoms. The van der Waals surface area contributed by atoms with Crippen LogP contribution in [0.2, 0.25) is 0 Å². The van der Waals surface area contributed by atoms with Gasteiger partial charge in [0, 0.05) is 19.0 Å². The third-order valence-electron chi connectivity index (χ3n) is 3.94. The Balaban J connectivity index is 2.15. The lowest BCUT2D eigenvalue weighted by molar-refractivity contribution is 0.0461. The largest absolute Gasteiger partial charge is 0.393 e. The second-order valence-electron chi connectivity index (χ2n) is 5.85. The van der Waals surface area contributed by atoms with Crippen molar-refractivity contribution < 1.29 is 9.90 Å². The summed E-state index contributed by atoms with van der Waals surface area (Å²) in [5, 5.41) is 16.8. The van der Waals surface area contributed by atoms with Gasteiger partial charge in [-0.3, -0.25) is 9.89 Å². The molecule has 2 atom stereocenters. The van der Waals surface area contributed by atoms with Gasteiger partial charge in [-0.2, -0.15) is 5.10 Å². The van der Waals surface area contributed by atoms with Crippen LogP contribution in [0.1, 0.15) is 55.7 Å². The Bertz CT molecular complexity index is 485. The minimum Gasteiger partial charge on any atom is -0.393 e. The van der Waals surface area contributed by atoms with Crippen molar-refractivity contribution in [3.05, 3.63) is 15.9 Å². The molecule has 1 aromatic heterocycles. The predicted molar refractivity (Wildman–Crippen MR) is 80.7 cm³/mol. The van der Waals surface area contributed by atoms with Crippen LogP contribution < -0.4 is 0 Å². The van der Waals surface area contributed by atoms with Gasteiger partial charge in [0.2, 0.25) is 0 Å². The first-order valence-corrected chi connectivity index (χ1v) is 7.92. The number of aromatic nitrogens is 2. The highest BCUT2D eigenvalue weighted by molar-refractivity contribution is 9.10. The molecule has 0 aliphatic carbocycles. The van der Waals surface area contributed by atoms with Gasteiger partial charge in [0.05, 0.1) is 16.3 Å². The van der Waals surface area contributed by atoms with Gasteiger partial charge >= 0.3 is 0 Å². The molecule has 0 spiro atoms. The second kappa shape index (κ2) is 6.26. The molecule has 0 radical (unpaired) electrons. The van der Waals surface area contributed by atoms with E-state index in [-0.39, 0.29) is 23.8 Å². The van der Waals surface area contributed by atoms with E-state index in [0.717, 1.165) is 29.6 Å². The van der Waals surface area contributed by atoms with Crippen molar-refractivity contribution in [2.75, 3.05) is 13.1 Å². The van der Waals surface area contributed by atoms with Crippen LogP contribution in [0.5, 0.6) is 0 Å². The summed E-state index contributed by atoms with van der Waals surface area (Å²) in [6.07, 6.45) is 1.53. The number of aliphatic hydroxyl groups is 1. The predicted octanol–water partition coefficient (Wildman–Crippen LogP) is 2.53. The minimum atomic E-state index is -0.376. The molecule has 1 fully saturated rings. The summed E-state index contributed by atoms with van der Waals surface area (Å²) >= 11 is 3.47. The monoisotopic (exact) mass is 343 g/mol. The van der Waals surface area contributed by atoms with E-state index in [1.807, 2.05) is 0 Å². The van der Waals surface area contributed by atoms with E-state index >= 15 is 0 Å². The van der Waals surface area contributed by atoms with Crippen LogP contribution in [0.3, 0.4) is 0 Å². The van der Waals surface area contributed by atoms with Gasteiger partial charge in [0.25, 0.3) is 5.91 Å². The second-order valence-corrected chi connectivity index (χ2v) is 6.64. The van der Waals surface area contributed by atoms with Gasteiger partial charge in [-0.1, -0.05) is 13.8 Å². The van der Waals surface area contributed by atoms with Gasteiger partial charge in [0.15, 0.2) is 5.69 Å². The average molecular weight is 344 g/mol. The number of nitrogens with zero attached hydrogens (tertiary/aromatic N) is 2. The topological polar surface area (TPSA) is 69.2 Å². The van der Waals surface area contributed by atoms with Crippen molar-refractivity contribution in [2.24, 2.45) is 5.92 Å². The lowest BCUT2D eigenvalue weighted by Crippen LogP contribution is -2.43. The van der Waals surface area contributed by atoms with E-state index in [2.05, 4.69) is 40.0 Å². The number of nitrogens with one attached hydrogen (secondary N) is 1. The Morgan fingerprint density at radius 3 is 2.75 bits per heavy atom. The maximum atomic E-state index is 12.6. The number of H-pyrrole nitrogens is 1. The van der Waals surface area contributed by atoms with Crippen LogP contribution in [-0.4, -0.2) is 45.3 Å². The molecule has 1 amide bonds. The van der Waals surface area contributed by atoms with Crippen LogP contribution in [0.4, 0.5) is 0 Å². The minimum absolute atomic E-state index is 0.0645.